The van der Waals surface area contributed by atoms with Gasteiger partial charge in [0.15, 0.2) is 0 Å². The Labute approximate surface area is 220 Å². The van der Waals surface area contributed by atoms with E-state index in [2.05, 4.69) is 80.8 Å². The van der Waals surface area contributed by atoms with E-state index in [0.717, 1.165) is 22.8 Å². The fourth-order valence-corrected chi connectivity index (χ4v) is 3.63. The van der Waals surface area contributed by atoms with Crippen LogP contribution < -0.4 is 37.2 Å². The molecule has 0 fully saturated rings. The number of aryl methyl sites for hydroxylation is 6. The zero-order chi connectivity index (χ0) is 20.3. The van der Waals surface area contributed by atoms with Crippen LogP contribution in [0.1, 0.15) is 44.8 Å². The van der Waals surface area contributed by atoms with Gasteiger partial charge in [0.1, 0.15) is 0 Å². The number of halogens is 3. The number of nitrogens with zero attached hydrogens (tertiary/aromatic N) is 3. The van der Waals surface area contributed by atoms with E-state index in [1.54, 1.807) is 0 Å². The van der Waals surface area contributed by atoms with Crippen LogP contribution in [0.3, 0.4) is 0 Å². The molecule has 2 aromatic carbocycles. The molecule has 3 nitrogen and oxygen atoms in total. The number of hydrogen-bond acceptors (Lipinski definition) is 3. The van der Waals surface area contributed by atoms with Crippen molar-refractivity contribution in [2.45, 2.75) is 41.5 Å². The van der Waals surface area contributed by atoms with Gasteiger partial charge in [0.2, 0.25) is 0 Å². The topological polar surface area (TPSA) is 37.6 Å². The van der Waals surface area contributed by atoms with Crippen LogP contribution in [-0.4, -0.2) is 17.4 Å². The first-order valence-electron chi connectivity index (χ1n) is 9.54. The molecule has 0 saturated carbocycles. The summed E-state index contributed by atoms with van der Waals surface area (Å²) in [4.78, 5) is 14.0. The minimum Gasteiger partial charge on any atom is -1.00 e. The predicted molar refractivity (Wildman–Crippen MR) is 120 cm³/mol. The van der Waals surface area contributed by atoms with Gasteiger partial charge in [-0.25, -0.2) is 4.98 Å². The standard InChI is InChI=1S/C25H27N3.3ClH.Co/c1-16-10-18(3)24(19(4)11-16)26-14-22-8-7-9-23(28-22)15-27-25-20(5)12-17(2)13-21(25)6;;;;/h7-15H,1-6H3;3*1H;/q;;;;+3/p-3. The summed E-state index contributed by atoms with van der Waals surface area (Å²) >= 11 is 0. The molecule has 0 aliphatic rings. The monoisotopic (exact) mass is 533 g/mol. The Bertz CT molecular complexity index is 967. The predicted octanol–water partition coefficient (Wildman–Crippen LogP) is -2.56. The summed E-state index contributed by atoms with van der Waals surface area (Å²) in [5.41, 5.74) is 10.9. The van der Waals surface area contributed by atoms with Crippen LogP contribution in [0.25, 0.3) is 0 Å². The molecule has 0 aliphatic heterocycles. The molecular weight excluding hydrogens is 508 g/mol. The quantitative estimate of drug-likeness (QED) is 0.340. The Morgan fingerprint density at radius 2 is 0.906 bits per heavy atom. The van der Waals surface area contributed by atoms with Crippen molar-refractivity contribution < 1.29 is 54.0 Å². The first-order chi connectivity index (χ1) is 13.3. The number of pyridine rings is 1. The van der Waals surface area contributed by atoms with E-state index in [-0.39, 0.29) is 54.0 Å². The molecular formula is C25H27Cl3CoN3. The molecule has 0 atom stereocenters. The summed E-state index contributed by atoms with van der Waals surface area (Å²) < 4.78 is 0. The van der Waals surface area contributed by atoms with Crippen molar-refractivity contribution in [1.82, 2.24) is 4.98 Å². The molecule has 0 spiro atoms. The van der Waals surface area contributed by atoms with E-state index in [0.29, 0.717) is 0 Å². The Morgan fingerprint density at radius 3 is 1.22 bits per heavy atom. The molecule has 0 N–H and O–H groups in total. The Kier molecular flexibility index (Phi) is 14.7. The average Bonchev–Trinajstić information content (AvgIpc) is 2.60. The van der Waals surface area contributed by atoms with Gasteiger partial charge in [0, 0.05) is 0 Å². The van der Waals surface area contributed by atoms with E-state index in [4.69, 9.17) is 0 Å². The first-order valence-corrected chi connectivity index (χ1v) is 9.54. The number of aromatic nitrogens is 1. The second-order valence-corrected chi connectivity index (χ2v) is 7.50. The fourth-order valence-electron chi connectivity index (χ4n) is 3.63. The molecule has 0 radical (unpaired) electrons. The summed E-state index contributed by atoms with van der Waals surface area (Å²) in [5.74, 6) is 0. The fraction of sp³-hybridized carbons (Fsp3) is 0.240. The third kappa shape index (κ3) is 8.34. The normalized spacial score (nSPS) is 10.2. The van der Waals surface area contributed by atoms with Crippen molar-refractivity contribution in [3.05, 3.63) is 87.2 Å². The molecule has 3 rings (SSSR count). The number of benzene rings is 2. The first kappa shape index (κ1) is 32.5. The van der Waals surface area contributed by atoms with Crippen LogP contribution in [0.2, 0.25) is 0 Å². The summed E-state index contributed by atoms with van der Waals surface area (Å²) in [6.07, 6.45) is 3.65. The minimum absolute atomic E-state index is 0. The molecule has 0 unspecified atom stereocenters. The maximum atomic E-state index is 4.68. The maximum absolute atomic E-state index is 4.68. The molecule has 1 heterocycles. The third-order valence-corrected chi connectivity index (χ3v) is 4.71. The van der Waals surface area contributed by atoms with E-state index in [9.17, 15) is 0 Å². The Hall–Kier alpha value is -1.69. The number of aliphatic imine (C=N–C) groups is 2. The van der Waals surface area contributed by atoms with Crippen LogP contribution in [0.4, 0.5) is 11.4 Å². The molecule has 1 aromatic heterocycles. The van der Waals surface area contributed by atoms with E-state index in [1.807, 2.05) is 30.6 Å². The maximum Gasteiger partial charge on any atom is 3.00 e. The Balaban J connectivity index is 0. The van der Waals surface area contributed by atoms with Crippen LogP contribution in [0, 0.1) is 41.5 Å². The Morgan fingerprint density at radius 1 is 0.594 bits per heavy atom. The zero-order valence-corrected chi connectivity index (χ0v) is 22.3. The zero-order valence-electron chi connectivity index (χ0n) is 19.0. The second-order valence-electron chi connectivity index (χ2n) is 7.50. The van der Waals surface area contributed by atoms with Crippen LogP contribution >= 0.6 is 0 Å². The number of hydrogen-bond donors (Lipinski definition) is 0. The van der Waals surface area contributed by atoms with Crippen molar-refractivity contribution in [2.24, 2.45) is 9.98 Å². The molecule has 3 aromatic rings. The largest absolute Gasteiger partial charge is 3.00 e. The molecule has 0 amide bonds. The van der Waals surface area contributed by atoms with E-state index >= 15 is 0 Å². The van der Waals surface area contributed by atoms with Gasteiger partial charge in [-0.3, -0.25) is 9.98 Å². The van der Waals surface area contributed by atoms with Crippen molar-refractivity contribution in [3.8, 4) is 0 Å². The van der Waals surface area contributed by atoms with Crippen molar-refractivity contribution in [2.75, 3.05) is 0 Å². The van der Waals surface area contributed by atoms with Crippen molar-refractivity contribution in [3.63, 3.8) is 0 Å². The SMILES string of the molecule is Cc1cc(C)c(N=Cc2cccc(C=Nc3c(C)cc(C)cc3C)n2)c(C)c1.[Cl-].[Cl-].[Cl-].[Co+3]. The molecule has 0 aliphatic carbocycles. The van der Waals surface area contributed by atoms with Gasteiger partial charge >= 0.3 is 16.8 Å². The molecule has 172 valence electrons. The molecule has 0 saturated heterocycles. The van der Waals surface area contributed by atoms with Gasteiger partial charge in [0.25, 0.3) is 0 Å². The summed E-state index contributed by atoms with van der Waals surface area (Å²) in [7, 11) is 0. The molecule has 0 bridgehead atoms. The van der Waals surface area contributed by atoms with Crippen LogP contribution in [0.15, 0.2) is 52.4 Å². The minimum atomic E-state index is 0. The van der Waals surface area contributed by atoms with Gasteiger partial charge < -0.3 is 37.2 Å². The van der Waals surface area contributed by atoms with E-state index < -0.39 is 0 Å². The van der Waals surface area contributed by atoms with Gasteiger partial charge in [-0.2, -0.15) is 0 Å². The summed E-state index contributed by atoms with van der Waals surface area (Å²) in [6.45, 7) is 12.6. The smallest absolute Gasteiger partial charge is 1.00 e. The van der Waals surface area contributed by atoms with Gasteiger partial charge in [-0.15, -0.1) is 0 Å². The second kappa shape index (κ2) is 14.5. The van der Waals surface area contributed by atoms with Gasteiger partial charge in [-0.05, 0) is 75.9 Å². The van der Waals surface area contributed by atoms with Crippen molar-refractivity contribution >= 4 is 23.8 Å². The molecule has 7 heteroatoms. The summed E-state index contributed by atoms with van der Waals surface area (Å²) in [6, 6.07) is 14.5. The van der Waals surface area contributed by atoms with Crippen LogP contribution in [-0.2, 0) is 16.8 Å². The summed E-state index contributed by atoms with van der Waals surface area (Å²) in [5, 5.41) is 0. The third-order valence-electron chi connectivity index (χ3n) is 4.71. The van der Waals surface area contributed by atoms with Gasteiger partial charge in [0.05, 0.1) is 35.2 Å². The number of rotatable bonds is 4. The van der Waals surface area contributed by atoms with Crippen LogP contribution in [0.5, 0.6) is 0 Å². The van der Waals surface area contributed by atoms with E-state index in [1.165, 1.54) is 33.4 Å². The van der Waals surface area contributed by atoms with Crippen molar-refractivity contribution in [1.29, 1.82) is 0 Å². The molecule has 32 heavy (non-hydrogen) atoms. The average molecular weight is 535 g/mol. The van der Waals surface area contributed by atoms with Gasteiger partial charge in [-0.1, -0.05) is 41.5 Å².